The van der Waals surface area contributed by atoms with E-state index in [0.717, 1.165) is 28.0 Å². The van der Waals surface area contributed by atoms with E-state index in [0.29, 0.717) is 0 Å². The molecular formula is C14H17ClN2S. The lowest BCUT2D eigenvalue weighted by Crippen LogP contribution is -2.11. The first-order valence-electron chi connectivity index (χ1n) is 5.89. The van der Waals surface area contributed by atoms with Crippen molar-refractivity contribution < 1.29 is 0 Å². The zero-order chi connectivity index (χ0) is 13.2. The van der Waals surface area contributed by atoms with E-state index in [1.165, 1.54) is 0 Å². The van der Waals surface area contributed by atoms with Crippen molar-refractivity contribution in [3.8, 4) is 0 Å². The van der Waals surface area contributed by atoms with Gasteiger partial charge in [-0.15, -0.1) is 11.3 Å². The van der Waals surface area contributed by atoms with Crippen molar-refractivity contribution in [3.05, 3.63) is 45.4 Å². The molecule has 1 aromatic carbocycles. The van der Waals surface area contributed by atoms with E-state index in [4.69, 9.17) is 11.6 Å². The maximum Gasteiger partial charge on any atom is 0.112 e. The Morgan fingerprint density at radius 3 is 2.72 bits per heavy atom. The first kappa shape index (κ1) is 13.4. The average Bonchev–Trinajstić information content (AvgIpc) is 2.74. The highest BCUT2D eigenvalue weighted by Crippen LogP contribution is 2.24. The Balaban J connectivity index is 2.01. The van der Waals surface area contributed by atoms with Crippen molar-refractivity contribution in [2.75, 3.05) is 5.32 Å². The maximum atomic E-state index is 5.94. The van der Waals surface area contributed by atoms with Crippen molar-refractivity contribution in [1.82, 2.24) is 4.98 Å². The highest BCUT2D eigenvalue weighted by molar-refractivity contribution is 7.09. The Morgan fingerprint density at radius 1 is 1.33 bits per heavy atom. The van der Waals surface area contributed by atoms with E-state index >= 15 is 0 Å². The van der Waals surface area contributed by atoms with Crippen LogP contribution in [-0.2, 0) is 12.0 Å². The molecule has 0 aliphatic heterocycles. The second kappa shape index (κ2) is 5.29. The molecule has 0 unspecified atom stereocenters. The first-order chi connectivity index (χ1) is 8.45. The fraction of sp³-hybridized carbons (Fsp3) is 0.357. The van der Waals surface area contributed by atoms with Crippen LogP contribution in [0, 0.1) is 0 Å². The van der Waals surface area contributed by atoms with Gasteiger partial charge in [-0.1, -0.05) is 38.4 Å². The number of nitrogens with zero attached hydrogens (tertiary/aromatic N) is 1. The summed E-state index contributed by atoms with van der Waals surface area (Å²) < 4.78 is 0. The summed E-state index contributed by atoms with van der Waals surface area (Å²) in [4.78, 5) is 4.64. The van der Waals surface area contributed by atoms with Crippen LogP contribution in [0.3, 0.4) is 0 Å². The molecular weight excluding hydrogens is 264 g/mol. The largest absolute Gasteiger partial charge is 0.378 e. The van der Waals surface area contributed by atoms with Crippen molar-refractivity contribution >= 4 is 28.6 Å². The van der Waals surface area contributed by atoms with Gasteiger partial charge in [0, 0.05) is 21.5 Å². The number of nitrogens with one attached hydrogen (secondary N) is 1. The van der Waals surface area contributed by atoms with Gasteiger partial charge in [0.2, 0.25) is 0 Å². The fourth-order valence-electron chi connectivity index (χ4n) is 1.51. The summed E-state index contributed by atoms with van der Waals surface area (Å²) in [5, 5.41) is 7.31. The van der Waals surface area contributed by atoms with Crippen LogP contribution in [0.4, 0.5) is 5.69 Å². The van der Waals surface area contributed by atoms with Crippen LogP contribution in [0.5, 0.6) is 0 Å². The van der Waals surface area contributed by atoms with Crippen LogP contribution in [0.15, 0.2) is 29.6 Å². The summed E-state index contributed by atoms with van der Waals surface area (Å²) >= 11 is 7.63. The molecule has 4 heteroatoms. The van der Waals surface area contributed by atoms with Gasteiger partial charge in [-0.25, -0.2) is 4.98 Å². The molecule has 2 rings (SSSR count). The number of aromatic nitrogens is 1. The molecule has 1 heterocycles. The maximum absolute atomic E-state index is 5.94. The zero-order valence-corrected chi connectivity index (χ0v) is 12.4. The van der Waals surface area contributed by atoms with Crippen molar-refractivity contribution in [2.45, 2.75) is 32.7 Å². The summed E-state index contributed by atoms with van der Waals surface area (Å²) in [6.45, 7) is 7.27. The van der Waals surface area contributed by atoms with Crippen LogP contribution < -0.4 is 5.32 Å². The van der Waals surface area contributed by atoms with E-state index in [2.05, 4.69) is 36.5 Å². The molecule has 2 nitrogen and oxygen atoms in total. The van der Waals surface area contributed by atoms with E-state index in [1.54, 1.807) is 11.3 Å². The number of halogens is 1. The number of anilines is 1. The Morgan fingerprint density at radius 2 is 2.11 bits per heavy atom. The quantitative estimate of drug-likeness (QED) is 0.881. The summed E-state index contributed by atoms with van der Waals surface area (Å²) in [7, 11) is 0. The van der Waals surface area contributed by atoms with E-state index < -0.39 is 0 Å². The molecule has 2 aromatic rings. The topological polar surface area (TPSA) is 24.9 Å². The third-order valence-electron chi connectivity index (χ3n) is 2.59. The van der Waals surface area contributed by atoms with Gasteiger partial charge in [-0.3, -0.25) is 0 Å². The van der Waals surface area contributed by atoms with E-state index in [1.807, 2.05) is 24.3 Å². The van der Waals surface area contributed by atoms with Gasteiger partial charge < -0.3 is 5.32 Å². The minimum absolute atomic E-state index is 0.116. The van der Waals surface area contributed by atoms with Crippen LogP contribution in [0.25, 0.3) is 0 Å². The Bertz CT molecular complexity index is 529. The number of rotatable bonds is 3. The average molecular weight is 281 g/mol. The smallest absolute Gasteiger partial charge is 0.112 e. The molecule has 0 fully saturated rings. The van der Waals surface area contributed by atoms with Crippen LogP contribution >= 0.6 is 22.9 Å². The van der Waals surface area contributed by atoms with Gasteiger partial charge in [0.1, 0.15) is 5.01 Å². The summed E-state index contributed by atoms with van der Waals surface area (Å²) in [6.07, 6.45) is 0. The minimum atomic E-state index is 0.116. The lowest BCUT2D eigenvalue weighted by molar-refractivity contribution is 0.571. The number of benzene rings is 1. The van der Waals surface area contributed by atoms with Gasteiger partial charge in [0.25, 0.3) is 0 Å². The Kier molecular flexibility index (Phi) is 3.93. The van der Waals surface area contributed by atoms with Crippen molar-refractivity contribution in [1.29, 1.82) is 0 Å². The Labute approximate surface area is 117 Å². The zero-order valence-electron chi connectivity index (χ0n) is 10.8. The second-order valence-corrected chi connectivity index (χ2v) is 6.62. The molecule has 0 aliphatic rings. The Hall–Kier alpha value is -1.06. The molecule has 0 saturated heterocycles. The van der Waals surface area contributed by atoms with Crippen LogP contribution in [0.2, 0.25) is 5.02 Å². The molecule has 0 saturated carbocycles. The van der Waals surface area contributed by atoms with Crippen LogP contribution in [-0.4, -0.2) is 4.98 Å². The molecule has 18 heavy (non-hydrogen) atoms. The highest BCUT2D eigenvalue weighted by atomic mass is 35.5. The molecule has 96 valence electrons. The molecule has 1 N–H and O–H groups in total. The summed E-state index contributed by atoms with van der Waals surface area (Å²) in [5.74, 6) is 0. The van der Waals surface area contributed by atoms with Crippen molar-refractivity contribution in [2.24, 2.45) is 0 Å². The van der Waals surface area contributed by atoms with Gasteiger partial charge in [-0.05, 0) is 18.2 Å². The van der Waals surface area contributed by atoms with Crippen molar-refractivity contribution in [3.63, 3.8) is 0 Å². The minimum Gasteiger partial charge on any atom is -0.378 e. The molecule has 0 amide bonds. The summed E-state index contributed by atoms with van der Waals surface area (Å²) in [5.41, 5.74) is 2.29. The van der Waals surface area contributed by atoms with Crippen LogP contribution in [0.1, 0.15) is 31.5 Å². The second-order valence-electron chi connectivity index (χ2n) is 5.24. The van der Waals surface area contributed by atoms with Gasteiger partial charge in [-0.2, -0.15) is 0 Å². The predicted octanol–water partition coefficient (Wildman–Crippen LogP) is 4.71. The van der Waals surface area contributed by atoms with E-state index in [-0.39, 0.29) is 5.41 Å². The molecule has 0 spiro atoms. The standard InChI is InChI=1S/C14H17ClN2S/c1-14(2,3)12-9-18-13(17-12)8-16-11-6-4-5-10(15)7-11/h4-7,9,16H,8H2,1-3H3. The normalized spacial score (nSPS) is 11.6. The third kappa shape index (κ3) is 3.47. The number of hydrogen-bond donors (Lipinski definition) is 1. The lowest BCUT2D eigenvalue weighted by atomic mass is 9.93. The van der Waals surface area contributed by atoms with Gasteiger partial charge >= 0.3 is 0 Å². The number of hydrogen-bond acceptors (Lipinski definition) is 3. The molecule has 0 aliphatic carbocycles. The van der Waals surface area contributed by atoms with E-state index in [9.17, 15) is 0 Å². The highest BCUT2D eigenvalue weighted by Gasteiger charge is 2.17. The number of thiazole rings is 1. The van der Waals surface area contributed by atoms with Gasteiger partial charge in [0.15, 0.2) is 0 Å². The van der Waals surface area contributed by atoms with Gasteiger partial charge in [0.05, 0.1) is 12.2 Å². The monoisotopic (exact) mass is 280 g/mol. The molecule has 1 aromatic heterocycles. The predicted molar refractivity (Wildman–Crippen MR) is 79.6 cm³/mol. The molecule has 0 radical (unpaired) electrons. The fourth-order valence-corrected chi connectivity index (χ4v) is 2.66. The lowest BCUT2D eigenvalue weighted by Gasteiger charge is -2.14. The molecule has 0 bridgehead atoms. The summed E-state index contributed by atoms with van der Waals surface area (Å²) in [6, 6.07) is 7.73. The molecule has 0 atom stereocenters. The first-order valence-corrected chi connectivity index (χ1v) is 7.15. The third-order valence-corrected chi connectivity index (χ3v) is 3.67. The SMILES string of the molecule is CC(C)(C)c1csc(CNc2cccc(Cl)c2)n1.